The van der Waals surface area contributed by atoms with Gasteiger partial charge in [0.15, 0.2) is 17.5 Å². The topological polar surface area (TPSA) is 75.6 Å². The number of furan rings is 1. The Morgan fingerprint density at radius 2 is 0.833 bits per heavy atom. The van der Waals surface area contributed by atoms with Crippen LogP contribution in [0.2, 0.25) is 0 Å². The van der Waals surface area contributed by atoms with E-state index in [-0.39, 0.29) is 127 Å². The molecule has 0 saturated carbocycles. The Balaban J connectivity index is 1.47. The lowest BCUT2D eigenvalue weighted by Gasteiger charge is -2.26. The third-order valence-electron chi connectivity index (χ3n) is 11.0. The van der Waals surface area contributed by atoms with Gasteiger partial charge in [-0.15, -0.1) is 27.3 Å². The molecule has 0 saturated heterocycles. The van der Waals surface area contributed by atoms with Gasteiger partial charge in [0.05, 0.1) is 11.6 Å². The van der Waals surface area contributed by atoms with Gasteiger partial charge in [0.1, 0.15) is 113 Å². The van der Waals surface area contributed by atoms with Crippen LogP contribution in [0.5, 0.6) is 0 Å². The van der Waals surface area contributed by atoms with E-state index in [1.807, 2.05) is 36.4 Å². The number of fused-ring (bicyclic) bond motifs is 5. The highest BCUT2D eigenvalue weighted by molar-refractivity contribution is 6.70. The summed E-state index contributed by atoms with van der Waals surface area (Å²) < 4.78 is 6.22. The van der Waals surface area contributed by atoms with E-state index in [1.54, 1.807) is 30.3 Å². The quantitative estimate of drug-likeness (QED) is 0.170. The Hall–Kier alpha value is -5.80. The van der Waals surface area contributed by atoms with Crippen molar-refractivity contribution in [2.24, 2.45) is 0 Å². The molecule has 0 atom stereocenters. The summed E-state index contributed by atoms with van der Waals surface area (Å²) in [6, 6.07) is 22.2. The summed E-state index contributed by atoms with van der Waals surface area (Å²) in [5, 5.41) is 12.6. The lowest BCUT2D eigenvalue weighted by Crippen LogP contribution is -2.47. The van der Waals surface area contributed by atoms with Crippen molar-refractivity contribution >= 4 is 217 Å². The first-order valence-corrected chi connectivity index (χ1v) is 18.1. The Bertz CT molecular complexity index is 3430. The largest absolute Gasteiger partial charge is 0.457 e. The van der Waals surface area contributed by atoms with Gasteiger partial charge in [-0.3, -0.25) is 0 Å². The van der Waals surface area contributed by atoms with Crippen LogP contribution in [-0.4, -0.2) is 117 Å². The second-order valence-electron chi connectivity index (χ2n) is 14.3. The van der Waals surface area contributed by atoms with Gasteiger partial charge in [0, 0.05) is 32.8 Å². The van der Waals surface area contributed by atoms with Crippen LogP contribution in [0.1, 0.15) is 5.56 Å². The normalized spacial score (nSPS) is 11.5. The van der Waals surface area contributed by atoms with E-state index in [1.165, 1.54) is 0 Å². The number of hydrogen-bond donors (Lipinski definition) is 0. The van der Waals surface area contributed by atoms with Gasteiger partial charge < -0.3 is 4.42 Å². The van der Waals surface area contributed by atoms with E-state index in [0.717, 1.165) is 5.39 Å². The molecule has 0 fully saturated rings. The molecule has 244 valence electrons. The Labute approximate surface area is 363 Å². The van der Waals surface area contributed by atoms with Crippen LogP contribution in [0.15, 0.2) is 71.1 Å². The Morgan fingerprint density at radius 3 is 1.43 bits per heavy atom. The standard InChI is InChI=1S/C42H11B13N4O/c43-25-18(16-11-5-9-13-8-4-10-15(12-56)17(13)16)19-20(27(45)31(25)49)23(29(47)32(50)26(19)44)41-57-40(14-6-2-1-3-7-14)58-42(59-41)24-21-22-28(46)33(51)35(53)37(55)39(22)60-38(21)36(54)34(52)30(24)48/h1-11H. The van der Waals surface area contributed by atoms with Crippen molar-refractivity contribution in [3.05, 3.63) is 72.3 Å². The van der Waals surface area contributed by atoms with E-state index in [2.05, 4.69) is 6.07 Å². The smallest absolute Gasteiger partial charge is 0.164 e. The highest BCUT2D eigenvalue weighted by Crippen LogP contribution is 2.36. The fraction of sp³-hybridized carbons (Fsp3) is 0. The molecule has 0 amide bonds. The van der Waals surface area contributed by atoms with Crippen LogP contribution in [0.25, 0.3) is 88.8 Å². The SMILES string of the molecule is [B]c1c([B])c([B])c2c(oc3c([B])c([B])c([B])c(-c4nc(-c5ccccc5)nc(-c5c([B])c([B])c([B])c6c(-c7cccc8cccc(C#N)c78)c([B])c([B])c([B])c56)n4)c32)c1[B]. The van der Waals surface area contributed by atoms with E-state index in [0.29, 0.717) is 33.0 Å². The average Bonchev–Trinajstić information content (AvgIpc) is 3.66. The van der Waals surface area contributed by atoms with Crippen molar-refractivity contribution in [2.45, 2.75) is 0 Å². The van der Waals surface area contributed by atoms with E-state index in [9.17, 15) is 5.26 Å². The molecule has 0 unspecified atom stereocenters. The van der Waals surface area contributed by atoms with Gasteiger partial charge in [-0.25, -0.2) is 15.0 Å². The third-order valence-corrected chi connectivity index (χ3v) is 11.0. The van der Waals surface area contributed by atoms with Crippen molar-refractivity contribution < 1.29 is 4.42 Å². The first kappa shape index (κ1) is 39.7. The molecular formula is C42H11B13N4O. The Kier molecular flexibility index (Phi) is 9.54. The van der Waals surface area contributed by atoms with Gasteiger partial charge in [0.2, 0.25) is 0 Å². The van der Waals surface area contributed by atoms with Crippen molar-refractivity contribution in [3.8, 4) is 51.4 Å². The predicted octanol–water partition coefficient (Wildman–Crippen LogP) is -5.06. The summed E-state index contributed by atoms with van der Waals surface area (Å²) in [4.78, 5) is 14.8. The van der Waals surface area contributed by atoms with Gasteiger partial charge in [-0.2, -0.15) is 5.26 Å². The summed E-state index contributed by atoms with van der Waals surface area (Å²) in [5.41, 5.74) is 2.45. The number of nitrogens with zero attached hydrogens (tertiary/aromatic N) is 4. The highest BCUT2D eigenvalue weighted by Gasteiger charge is 2.28. The predicted molar refractivity (Wildman–Crippen MR) is 259 cm³/mol. The highest BCUT2D eigenvalue weighted by atomic mass is 16.3. The monoisotopic (exact) mass is 730 g/mol. The van der Waals surface area contributed by atoms with Crippen molar-refractivity contribution in [1.82, 2.24) is 15.0 Å². The van der Waals surface area contributed by atoms with Crippen LogP contribution >= 0.6 is 0 Å². The summed E-state index contributed by atoms with van der Waals surface area (Å²) >= 11 is 0. The molecule has 0 aliphatic carbocycles. The van der Waals surface area contributed by atoms with E-state index in [4.69, 9.17) is 121 Å². The molecule has 7 aromatic carbocycles. The average molecular weight is 728 g/mol. The molecule has 0 bridgehead atoms. The molecular weight excluding hydrogens is 717 g/mol. The first-order chi connectivity index (χ1) is 28.7. The molecule has 5 nitrogen and oxygen atoms in total. The third kappa shape index (κ3) is 5.61. The van der Waals surface area contributed by atoms with Crippen molar-refractivity contribution in [3.63, 3.8) is 0 Å². The summed E-state index contributed by atoms with van der Waals surface area (Å²) in [6.07, 6.45) is 0. The van der Waals surface area contributed by atoms with Gasteiger partial charge in [-0.05, 0) is 33.4 Å². The fourth-order valence-electron chi connectivity index (χ4n) is 7.98. The van der Waals surface area contributed by atoms with E-state index < -0.39 is 0 Å². The molecule has 26 radical (unpaired) electrons. The van der Waals surface area contributed by atoms with Gasteiger partial charge in [0.25, 0.3) is 0 Å². The minimum atomic E-state index is -0.0384. The number of nitriles is 1. The van der Waals surface area contributed by atoms with Crippen LogP contribution < -0.4 is 71.0 Å². The molecule has 2 aromatic heterocycles. The number of benzene rings is 7. The molecule has 0 aliphatic rings. The molecule has 0 N–H and O–H groups in total. The molecule has 0 aliphatic heterocycles. The van der Waals surface area contributed by atoms with Gasteiger partial charge >= 0.3 is 0 Å². The van der Waals surface area contributed by atoms with Gasteiger partial charge in [-0.1, -0.05) is 104 Å². The lowest BCUT2D eigenvalue weighted by molar-refractivity contribution is 0.675. The van der Waals surface area contributed by atoms with Crippen LogP contribution in [0, 0.1) is 11.3 Å². The summed E-state index contributed by atoms with van der Waals surface area (Å²) in [6.45, 7) is 0. The number of hydrogen-bond acceptors (Lipinski definition) is 5. The molecule has 9 aromatic rings. The maximum Gasteiger partial charge on any atom is 0.164 e. The minimum absolute atomic E-state index is 0.00106. The maximum absolute atomic E-state index is 10.2. The molecule has 60 heavy (non-hydrogen) atoms. The van der Waals surface area contributed by atoms with Crippen molar-refractivity contribution in [1.29, 1.82) is 5.26 Å². The number of rotatable bonds is 4. The van der Waals surface area contributed by atoms with E-state index >= 15 is 0 Å². The van der Waals surface area contributed by atoms with Crippen LogP contribution in [0.4, 0.5) is 0 Å². The zero-order valence-corrected chi connectivity index (χ0v) is 31.6. The summed E-state index contributed by atoms with van der Waals surface area (Å²) in [5.74, 6) is 0.111. The maximum atomic E-state index is 10.2. The Morgan fingerprint density at radius 1 is 0.383 bits per heavy atom. The van der Waals surface area contributed by atoms with Crippen LogP contribution in [-0.2, 0) is 0 Å². The second-order valence-corrected chi connectivity index (χ2v) is 14.3. The number of aromatic nitrogens is 3. The van der Waals surface area contributed by atoms with Crippen molar-refractivity contribution in [2.75, 3.05) is 0 Å². The zero-order chi connectivity index (χ0) is 42.6. The first-order valence-electron chi connectivity index (χ1n) is 18.1. The second kappa shape index (κ2) is 14.4. The lowest BCUT2D eigenvalue weighted by atomic mass is 9.60. The molecule has 2 heterocycles. The van der Waals surface area contributed by atoms with Crippen LogP contribution in [0.3, 0.4) is 0 Å². The molecule has 9 rings (SSSR count). The zero-order valence-electron chi connectivity index (χ0n) is 31.6. The minimum Gasteiger partial charge on any atom is -0.457 e. The molecule has 18 heteroatoms. The summed E-state index contributed by atoms with van der Waals surface area (Å²) in [7, 11) is 86.6. The fourth-order valence-corrected chi connectivity index (χ4v) is 7.98. The molecule has 0 spiro atoms.